The van der Waals surface area contributed by atoms with Gasteiger partial charge in [0.1, 0.15) is 0 Å². The van der Waals surface area contributed by atoms with Crippen LogP contribution in [-0.2, 0) is 6.54 Å². The van der Waals surface area contributed by atoms with E-state index in [4.69, 9.17) is 16.0 Å². The zero-order valence-electron chi connectivity index (χ0n) is 10.6. The van der Waals surface area contributed by atoms with Crippen LogP contribution in [0.1, 0.15) is 5.56 Å². The van der Waals surface area contributed by atoms with Crippen LogP contribution >= 0.6 is 11.6 Å². The smallest absolute Gasteiger partial charge is 0.408 e. The number of halogens is 1. The van der Waals surface area contributed by atoms with Crippen molar-refractivity contribution in [2.75, 3.05) is 0 Å². The first-order valence-corrected chi connectivity index (χ1v) is 6.62. The van der Waals surface area contributed by atoms with Crippen LogP contribution in [0.15, 0.2) is 63.8 Å². The minimum atomic E-state index is -0.375. The van der Waals surface area contributed by atoms with Gasteiger partial charge in [-0.2, -0.15) is 0 Å². The van der Waals surface area contributed by atoms with Gasteiger partial charge in [0, 0.05) is 17.6 Å². The van der Waals surface area contributed by atoms with E-state index in [1.54, 1.807) is 22.8 Å². The highest BCUT2D eigenvalue weighted by Crippen LogP contribution is 2.18. The van der Waals surface area contributed by atoms with Crippen LogP contribution < -0.4 is 5.76 Å². The van der Waals surface area contributed by atoms with E-state index < -0.39 is 0 Å². The molecule has 3 rings (SSSR count). The van der Waals surface area contributed by atoms with Gasteiger partial charge < -0.3 is 4.42 Å². The van der Waals surface area contributed by atoms with Crippen molar-refractivity contribution in [2.45, 2.75) is 6.54 Å². The van der Waals surface area contributed by atoms with Crippen molar-refractivity contribution in [1.29, 1.82) is 0 Å². The molecule has 0 unspecified atom stereocenters. The van der Waals surface area contributed by atoms with E-state index in [1.807, 2.05) is 42.5 Å². The summed E-state index contributed by atoms with van der Waals surface area (Å²) in [5.74, 6) is -0.375. The zero-order valence-corrected chi connectivity index (χ0v) is 11.4. The second kappa shape index (κ2) is 5.39. The van der Waals surface area contributed by atoms with Gasteiger partial charge in [0.2, 0.25) is 0 Å². The number of hydrogen-bond acceptors (Lipinski definition) is 2. The van der Waals surface area contributed by atoms with E-state index in [-0.39, 0.29) is 5.76 Å². The Kier molecular flexibility index (Phi) is 3.44. The van der Waals surface area contributed by atoms with Gasteiger partial charge in [0.05, 0.1) is 5.52 Å². The molecule has 0 atom stereocenters. The second-order valence-corrected chi connectivity index (χ2v) is 4.84. The van der Waals surface area contributed by atoms with Crippen molar-refractivity contribution < 1.29 is 4.42 Å². The van der Waals surface area contributed by atoms with Crippen molar-refractivity contribution in [1.82, 2.24) is 4.57 Å². The Morgan fingerprint density at radius 3 is 2.75 bits per heavy atom. The average molecular weight is 286 g/mol. The standard InChI is InChI=1S/C16H12ClNO2/c17-13-8-9-14-15(11-13)20-16(19)18(14)10-4-7-12-5-2-1-3-6-12/h1-9,11H,10H2/b7-4+. The molecule has 0 bridgehead atoms. The molecule has 0 aliphatic carbocycles. The Bertz CT molecular complexity index is 815. The summed E-state index contributed by atoms with van der Waals surface area (Å²) in [6, 6.07) is 15.1. The third-order valence-corrected chi connectivity index (χ3v) is 3.26. The largest absolute Gasteiger partial charge is 0.420 e. The summed E-state index contributed by atoms with van der Waals surface area (Å²) < 4.78 is 6.75. The fourth-order valence-electron chi connectivity index (χ4n) is 2.07. The topological polar surface area (TPSA) is 35.1 Å². The summed E-state index contributed by atoms with van der Waals surface area (Å²) in [6.45, 7) is 0.461. The minimum absolute atomic E-state index is 0.375. The van der Waals surface area contributed by atoms with Crippen molar-refractivity contribution in [2.24, 2.45) is 0 Å². The molecule has 0 saturated carbocycles. The van der Waals surface area contributed by atoms with E-state index in [1.165, 1.54) is 0 Å². The van der Waals surface area contributed by atoms with Crippen LogP contribution in [0.3, 0.4) is 0 Å². The molecule has 0 N–H and O–H groups in total. The van der Waals surface area contributed by atoms with E-state index in [2.05, 4.69) is 0 Å². The molecular weight excluding hydrogens is 274 g/mol. The maximum Gasteiger partial charge on any atom is 0.420 e. The predicted octanol–water partition coefficient (Wildman–Crippen LogP) is 3.96. The van der Waals surface area contributed by atoms with Crippen LogP contribution in [0.5, 0.6) is 0 Å². The number of aromatic nitrogens is 1. The Labute approximate surface area is 120 Å². The maximum atomic E-state index is 11.8. The number of fused-ring (bicyclic) bond motifs is 1. The van der Waals surface area contributed by atoms with Gasteiger partial charge in [-0.3, -0.25) is 4.57 Å². The SMILES string of the molecule is O=c1oc2cc(Cl)ccc2n1C/C=C/c1ccccc1. The highest BCUT2D eigenvalue weighted by Gasteiger charge is 2.07. The summed E-state index contributed by atoms with van der Waals surface area (Å²) in [6.07, 6.45) is 3.90. The summed E-state index contributed by atoms with van der Waals surface area (Å²) in [7, 11) is 0. The van der Waals surface area contributed by atoms with Crippen molar-refractivity contribution >= 4 is 28.8 Å². The molecule has 0 amide bonds. The lowest BCUT2D eigenvalue weighted by Gasteiger charge is -1.97. The Morgan fingerprint density at radius 2 is 1.95 bits per heavy atom. The van der Waals surface area contributed by atoms with Gasteiger partial charge in [-0.1, -0.05) is 54.1 Å². The van der Waals surface area contributed by atoms with Crippen molar-refractivity contribution in [3.8, 4) is 0 Å². The monoisotopic (exact) mass is 285 g/mol. The molecule has 1 heterocycles. The van der Waals surface area contributed by atoms with Gasteiger partial charge in [0.15, 0.2) is 5.58 Å². The van der Waals surface area contributed by atoms with Crippen LogP contribution in [-0.4, -0.2) is 4.57 Å². The predicted molar refractivity (Wildman–Crippen MR) is 81.0 cm³/mol. The van der Waals surface area contributed by atoms with Gasteiger partial charge in [-0.05, 0) is 17.7 Å². The van der Waals surface area contributed by atoms with Gasteiger partial charge in [0.25, 0.3) is 0 Å². The molecule has 0 aliphatic heterocycles. The first-order chi connectivity index (χ1) is 9.74. The fraction of sp³-hybridized carbons (Fsp3) is 0.0625. The molecule has 0 fully saturated rings. The quantitative estimate of drug-likeness (QED) is 0.730. The zero-order chi connectivity index (χ0) is 13.9. The van der Waals surface area contributed by atoms with Crippen LogP contribution in [0.2, 0.25) is 5.02 Å². The van der Waals surface area contributed by atoms with E-state index >= 15 is 0 Å². The van der Waals surface area contributed by atoms with E-state index in [0.717, 1.165) is 11.1 Å². The molecule has 100 valence electrons. The summed E-state index contributed by atoms with van der Waals surface area (Å²) in [4.78, 5) is 11.8. The summed E-state index contributed by atoms with van der Waals surface area (Å²) >= 11 is 5.88. The van der Waals surface area contributed by atoms with Gasteiger partial charge in [-0.25, -0.2) is 4.79 Å². The van der Waals surface area contributed by atoms with E-state index in [9.17, 15) is 4.79 Å². The Morgan fingerprint density at radius 1 is 1.15 bits per heavy atom. The van der Waals surface area contributed by atoms with Crippen LogP contribution in [0, 0.1) is 0 Å². The molecule has 0 radical (unpaired) electrons. The third kappa shape index (κ3) is 2.53. The van der Waals surface area contributed by atoms with Crippen molar-refractivity contribution in [3.63, 3.8) is 0 Å². The number of rotatable bonds is 3. The first-order valence-electron chi connectivity index (χ1n) is 6.24. The van der Waals surface area contributed by atoms with E-state index in [0.29, 0.717) is 17.2 Å². The fourth-order valence-corrected chi connectivity index (χ4v) is 2.23. The minimum Gasteiger partial charge on any atom is -0.408 e. The van der Waals surface area contributed by atoms with Gasteiger partial charge in [-0.15, -0.1) is 0 Å². The number of benzene rings is 2. The molecule has 0 aliphatic rings. The molecule has 0 saturated heterocycles. The molecule has 3 nitrogen and oxygen atoms in total. The highest BCUT2D eigenvalue weighted by molar-refractivity contribution is 6.31. The molecule has 20 heavy (non-hydrogen) atoms. The highest BCUT2D eigenvalue weighted by atomic mass is 35.5. The lowest BCUT2D eigenvalue weighted by Crippen LogP contribution is -2.12. The molecule has 4 heteroatoms. The van der Waals surface area contributed by atoms with Crippen LogP contribution in [0.25, 0.3) is 17.2 Å². The lowest BCUT2D eigenvalue weighted by atomic mass is 10.2. The van der Waals surface area contributed by atoms with Crippen LogP contribution in [0.4, 0.5) is 0 Å². The average Bonchev–Trinajstić information content (AvgIpc) is 2.75. The molecule has 1 aromatic heterocycles. The number of allylic oxidation sites excluding steroid dienone is 1. The number of nitrogens with zero attached hydrogens (tertiary/aromatic N) is 1. The maximum absolute atomic E-state index is 11.8. The molecule has 3 aromatic rings. The van der Waals surface area contributed by atoms with Gasteiger partial charge >= 0.3 is 5.76 Å². The third-order valence-electron chi connectivity index (χ3n) is 3.03. The second-order valence-electron chi connectivity index (χ2n) is 4.40. The Balaban J connectivity index is 1.90. The molecule has 2 aromatic carbocycles. The molecule has 0 spiro atoms. The first kappa shape index (κ1) is 12.8. The normalized spacial score (nSPS) is 11.4. The summed E-state index contributed by atoms with van der Waals surface area (Å²) in [5.41, 5.74) is 2.35. The Hall–Kier alpha value is -2.26. The number of oxazole rings is 1. The number of hydrogen-bond donors (Lipinski definition) is 0. The summed E-state index contributed by atoms with van der Waals surface area (Å²) in [5, 5.41) is 0.554. The molecular formula is C16H12ClNO2. The van der Waals surface area contributed by atoms with Crippen molar-refractivity contribution in [3.05, 3.63) is 75.7 Å². The lowest BCUT2D eigenvalue weighted by molar-refractivity contribution is 0.520.